The third kappa shape index (κ3) is 3.58. The number of likely N-dealkylation sites (tertiary alicyclic amines) is 1. The van der Waals surface area contributed by atoms with E-state index in [1.807, 2.05) is 12.3 Å². The Morgan fingerprint density at radius 1 is 1.10 bits per heavy atom. The Morgan fingerprint density at radius 3 is 2.60 bits per heavy atom. The zero-order valence-electron chi connectivity index (χ0n) is 12.5. The van der Waals surface area contributed by atoms with Gasteiger partial charge in [0.1, 0.15) is 0 Å². The van der Waals surface area contributed by atoms with Gasteiger partial charge in [0, 0.05) is 25.8 Å². The lowest BCUT2D eigenvalue weighted by atomic mass is 9.77. The molecule has 0 unspecified atom stereocenters. The van der Waals surface area contributed by atoms with Crippen molar-refractivity contribution in [3.8, 4) is 0 Å². The van der Waals surface area contributed by atoms with E-state index in [9.17, 15) is 0 Å². The normalized spacial score (nSPS) is 22.4. The molecule has 0 atom stereocenters. The van der Waals surface area contributed by atoms with Crippen molar-refractivity contribution in [2.75, 3.05) is 26.2 Å². The lowest BCUT2D eigenvalue weighted by Crippen LogP contribution is -2.41. The summed E-state index contributed by atoms with van der Waals surface area (Å²) in [5, 5.41) is 3.51. The van der Waals surface area contributed by atoms with E-state index in [-0.39, 0.29) is 0 Å². The Kier molecular flexibility index (Phi) is 4.69. The maximum Gasteiger partial charge on any atom is 0.0541 e. The van der Waals surface area contributed by atoms with Crippen LogP contribution in [0.15, 0.2) is 24.4 Å². The number of nitrogens with zero attached hydrogens (tertiary/aromatic N) is 2. The van der Waals surface area contributed by atoms with Gasteiger partial charge < -0.3 is 10.2 Å². The van der Waals surface area contributed by atoms with Crippen LogP contribution in [0.1, 0.15) is 44.2 Å². The average Bonchev–Trinajstić information content (AvgIpc) is 2.95. The van der Waals surface area contributed by atoms with Gasteiger partial charge in [-0.1, -0.05) is 18.9 Å². The lowest BCUT2D eigenvalue weighted by Gasteiger charge is -2.39. The molecule has 1 spiro atoms. The minimum Gasteiger partial charge on any atom is -0.310 e. The summed E-state index contributed by atoms with van der Waals surface area (Å²) in [4.78, 5) is 6.97. The van der Waals surface area contributed by atoms with Crippen LogP contribution in [0, 0.1) is 5.41 Å². The molecule has 1 saturated heterocycles. The first-order valence-electron chi connectivity index (χ1n) is 8.19. The van der Waals surface area contributed by atoms with Gasteiger partial charge in [-0.05, 0) is 56.3 Å². The maximum atomic E-state index is 4.34. The fraction of sp³-hybridized carbons (Fsp3) is 0.706. The Balaban J connectivity index is 1.32. The van der Waals surface area contributed by atoms with Crippen molar-refractivity contribution in [3.63, 3.8) is 0 Å². The molecule has 1 aliphatic carbocycles. The predicted octanol–water partition coefficient (Wildman–Crippen LogP) is 2.83. The van der Waals surface area contributed by atoms with Gasteiger partial charge in [-0.15, -0.1) is 0 Å². The van der Waals surface area contributed by atoms with Crippen molar-refractivity contribution >= 4 is 0 Å². The second-order valence-electron chi connectivity index (χ2n) is 6.55. The van der Waals surface area contributed by atoms with Gasteiger partial charge in [0.15, 0.2) is 0 Å². The molecule has 1 saturated carbocycles. The molecule has 1 N–H and O–H groups in total. The highest BCUT2D eigenvalue weighted by atomic mass is 15.1. The van der Waals surface area contributed by atoms with Crippen LogP contribution in [0.2, 0.25) is 0 Å². The largest absolute Gasteiger partial charge is 0.310 e. The third-order valence-electron chi connectivity index (χ3n) is 5.22. The molecule has 0 amide bonds. The minimum absolute atomic E-state index is 0.748. The summed E-state index contributed by atoms with van der Waals surface area (Å²) >= 11 is 0. The smallest absolute Gasteiger partial charge is 0.0541 e. The zero-order chi connectivity index (χ0) is 13.7. The summed E-state index contributed by atoms with van der Waals surface area (Å²) in [5.41, 5.74) is 1.88. The second-order valence-corrected chi connectivity index (χ2v) is 6.55. The van der Waals surface area contributed by atoms with E-state index in [2.05, 4.69) is 27.3 Å². The quantitative estimate of drug-likeness (QED) is 0.836. The maximum absolute atomic E-state index is 4.34. The standard InChI is InChI=1S/C17H27N3/c1-4-10-19-16(5-1)15-18-11-14-20-12-8-17(9-13-20)6-2-3-7-17/h1,4-5,10,18H,2-3,6-9,11-15H2. The molecule has 3 nitrogen and oxygen atoms in total. The van der Waals surface area contributed by atoms with Crippen LogP contribution in [-0.2, 0) is 6.54 Å². The third-order valence-corrected chi connectivity index (χ3v) is 5.22. The number of piperidine rings is 1. The molecule has 2 fully saturated rings. The van der Waals surface area contributed by atoms with Crippen molar-refractivity contribution in [3.05, 3.63) is 30.1 Å². The highest BCUT2D eigenvalue weighted by Crippen LogP contribution is 2.45. The summed E-state index contributed by atoms with van der Waals surface area (Å²) in [5.74, 6) is 0. The van der Waals surface area contributed by atoms with Crippen LogP contribution in [0.3, 0.4) is 0 Å². The average molecular weight is 273 g/mol. The Labute approximate surface area is 122 Å². The number of hydrogen-bond donors (Lipinski definition) is 1. The van der Waals surface area contributed by atoms with Gasteiger partial charge in [0.2, 0.25) is 0 Å². The molecule has 20 heavy (non-hydrogen) atoms. The topological polar surface area (TPSA) is 28.2 Å². The van der Waals surface area contributed by atoms with E-state index in [1.54, 1.807) is 0 Å². The van der Waals surface area contributed by atoms with E-state index >= 15 is 0 Å². The second kappa shape index (κ2) is 6.68. The predicted molar refractivity (Wildman–Crippen MR) is 82.5 cm³/mol. The van der Waals surface area contributed by atoms with Crippen molar-refractivity contribution in [1.29, 1.82) is 0 Å². The van der Waals surface area contributed by atoms with Gasteiger partial charge in [-0.2, -0.15) is 0 Å². The van der Waals surface area contributed by atoms with Gasteiger partial charge in [-0.25, -0.2) is 0 Å². The van der Waals surface area contributed by atoms with Crippen molar-refractivity contribution in [2.24, 2.45) is 5.41 Å². The molecule has 1 aromatic rings. The molecule has 0 radical (unpaired) electrons. The molecule has 1 aromatic heterocycles. The van der Waals surface area contributed by atoms with Crippen molar-refractivity contribution in [1.82, 2.24) is 15.2 Å². The monoisotopic (exact) mass is 273 g/mol. The Bertz CT molecular complexity index is 388. The van der Waals surface area contributed by atoms with Crippen molar-refractivity contribution in [2.45, 2.75) is 45.1 Å². The number of pyridine rings is 1. The summed E-state index contributed by atoms with van der Waals surface area (Å²) in [6.07, 6.45) is 10.7. The first-order valence-corrected chi connectivity index (χ1v) is 8.19. The number of hydrogen-bond acceptors (Lipinski definition) is 3. The summed E-state index contributed by atoms with van der Waals surface area (Å²) in [6, 6.07) is 6.10. The van der Waals surface area contributed by atoms with E-state index in [0.29, 0.717) is 0 Å². The molecule has 3 heteroatoms. The van der Waals surface area contributed by atoms with E-state index < -0.39 is 0 Å². The number of rotatable bonds is 5. The summed E-state index contributed by atoms with van der Waals surface area (Å²) in [7, 11) is 0. The summed E-state index contributed by atoms with van der Waals surface area (Å²) < 4.78 is 0. The Hall–Kier alpha value is -0.930. The van der Waals surface area contributed by atoms with Gasteiger partial charge in [0.25, 0.3) is 0 Å². The molecule has 2 aliphatic rings. The minimum atomic E-state index is 0.748. The van der Waals surface area contributed by atoms with Crippen LogP contribution in [0.4, 0.5) is 0 Å². The van der Waals surface area contributed by atoms with Crippen LogP contribution in [0.5, 0.6) is 0 Å². The molecule has 2 heterocycles. The fourth-order valence-electron chi connectivity index (χ4n) is 3.83. The highest BCUT2D eigenvalue weighted by molar-refractivity contribution is 5.02. The molecule has 110 valence electrons. The van der Waals surface area contributed by atoms with E-state index in [1.165, 1.54) is 58.2 Å². The van der Waals surface area contributed by atoms with E-state index in [4.69, 9.17) is 0 Å². The molecular formula is C17H27N3. The van der Waals surface area contributed by atoms with Gasteiger partial charge in [0.05, 0.1) is 5.69 Å². The first-order chi connectivity index (χ1) is 9.86. The van der Waals surface area contributed by atoms with Crippen LogP contribution < -0.4 is 5.32 Å². The molecule has 1 aliphatic heterocycles. The molecule has 0 aromatic carbocycles. The SMILES string of the molecule is c1ccc(CNCCN2CCC3(CCCC3)CC2)nc1. The van der Waals surface area contributed by atoms with Crippen LogP contribution >= 0.6 is 0 Å². The zero-order valence-corrected chi connectivity index (χ0v) is 12.5. The highest BCUT2D eigenvalue weighted by Gasteiger charge is 2.36. The van der Waals surface area contributed by atoms with Crippen LogP contribution in [-0.4, -0.2) is 36.1 Å². The summed E-state index contributed by atoms with van der Waals surface area (Å²) in [6.45, 7) is 5.77. The molecular weight excluding hydrogens is 246 g/mol. The van der Waals surface area contributed by atoms with Gasteiger partial charge >= 0.3 is 0 Å². The Morgan fingerprint density at radius 2 is 1.90 bits per heavy atom. The molecule has 0 bridgehead atoms. The molecule has 3 rings (SSSR count). The van der Waals surface area contributed by atoms with Gasteiger partial charge in [-0.3, -0.25) is 4.98 Å². The van der Waals surface area contributed by atoms with Crippen LogP contribution in [0.25, 0.3) is 0 Å². The first kappa shape index (κ1) is 14.0. The van der Waals surface area contributed by atoms with Crippen molar-refractivity contribution < 1.29 is 0 Å². The number of aromatic nitrogens is 1. The van der Waals surface area contributed by atoms with E-state index in [0.717, 1.165) is 24.2 Å². The fourth-order valence-corrected chi connectivity index (χ4v) is 3.83. The lowest BCUT2D eigenvalue weighted by molar-refractivity contribution is 0.109. The number of nitrogens with one attached hydrogen (secondary N) is 1.